The minimum absolute atomic E-state index is 0.439. The van der Waals surface area contributed by atoms with E-state index in [0.717, 1.165) is 42.4 Å². The average molecular weight is 292 g/mol. The summed E-state index contributed by atoms with van der Waals surface area (Å²) in [5.74, 6) is 4.14. The van der Waals surface area contributed by atoms with Crippen molar-refractivity contribution in [3.63, 3.8) is 0 Å². The average Bonchev–Trinajstić information content (AvgIpc) is 2.47. The van der Waals surface area contributed by atoms with Crippen LogP contribution in [0.1, 0.15) is 45.4 Å². The van der Waals surface area contributed by atoms with Crippen LogP contribution in [-0.2, 0) is 11.3 Å². The largest absolute Gasteiger partial charge is 0.377 e. The quantitative estimate of drug-likeness (QED) is 0.807. The van der Waals surface area contributed by atoms with Gasteiger partial charge in [0.1, 0.15) is 18.2 Å². The smallest absolute Gasteiger partial charge is 0.158 e. The van der Waals surface area contributed by atoms with Crippen LogP contribution in [0.15, 0.2) is 6.07 Å². The Morgan fingerprint density at radius 1 is 1.14 bits per heavy atom. The van der Waals surface area contributed by atoms with Crippen molar-refractivity contribution in [2.24, 2.45) is 11.8 Å². The van der Waals surface area contributed by atoms with Crippen LogP contribution in [0.4, 0.5) is 11.6 Å². The van der Waals surface area contributed by atoms with Gasteiger partial charge in [-0.05, 0) is 31.6 Å². The minimum atomic E-state index is 0.439. The van der Waals surface area contributed by atoms with Crippen LogP contribution in [0.2, 0.25) is 0 Å². The third-order valence-corrected chi connectivity index (χ3v) is 4.11. The van der Waals surface area contributed by atoms with E-state index >= 15 is 0 Å². The number of nitrogens with one attached hydrogen (secondary N) is 2. The van der Waals surface area contributed by atoms with Crippen LogP contribution in [0.3, 0.4) is 0 Å². The van der Waals surface area contributed by atoms with Crippen LogP contribution in [0, 0.1) is 11.8 Å². The van der Waals surface area contributed by atoms with E-state index in [0.29, 0.717) is 6.61 Å². The molecule has 2 N–H and O–H groups in total. The first kappa shape index (κ1) is 16.0. The zero-order valence-corrected chi connectivity index (χ0v) is 13.5. The van der Waals surface area contributed by atoms with Gasteiger partial charge in [0.05, 0.1) is 0 Å². The second-order valence-electron chi connectivity index (χ2n) is 6.02. The van der Waals surface area contributed by atoms with Gasteiger partial charge in [0, 0.05) is 26.3 Å². The molecule has 0 amide bonds. The van der Waals surface area contributed by atoms with E-state index in [2.05, 4.69) is 34.4 Å². The summed E-state index contributed by atoms with van der Waals surface area (Å²) in [6.07, 6.45) is 5.36. The first-order valence-corrected chi connectivity index (χ1v) is 8.06. The van der Waals surface area contributed by atoms with E-state index < -0.39 is 0 Å². The zero-order chi connectivity index (χ0) is 15.1. The van der Waals surface area contributed by atoms with Crippen LogP contribution in [0.5, 0.6) is 0 Å². The molecule has 0 aromatic carbocycles. The molecule has 0 spiro atoms. The molecular formula is C16H28N4O. The molecule has 1 aliphatic rings. The molecule has 5 heteroatoms. The summed E-state index contributed by atoms with van der Waals surface area (Å²) < 4.78 is 5.14. The minimum Gasteiger partial charge on any atom is -0.377 e. The fourth-order valence-corrected chi connectivity index (χ4v) is 2.84. The molecule has 0 aliphatic heterocycles. The summed E-state index contributed by atoms with van der Waals surface area (Å²) in [6.45, 7) is 6.71. The Morgan fingerprint density at radius 2 is 1.81 bits per heavy atom. The van der Waals surface area contributed by atoms with Gasteiger partial charge in [-0.1, -0.05) is 19.8 Å². The van der Waals surface area contributed by atoms with Crippen molar-refractivity contribution >= 4 is 11.6 Å². The number of methoxy groups -OCH3 is 1. The molecule has 0 bridgehead atoms. The molecule has 5 nitrogen and oxygen atoms in total. The zero-order valence-electron chi connectivity index (χ0n) is 13.5. The topological polar surface area (TPSA) is 59.1 Å². The van der Waals surface area contributed by atoms with Crippen LogP contribution in [-0.4, -0.2) is 30.2 Å². The highest BCUT2D eigenvalue weighted by Crippen LogP contribution is 2.28. The molecule has 0 atom stereocenters. The molecule has 0 unspecified atom stereocenters. The fraction of sp³-hybridized carbons (Fsp3) is 0.750. The van der Waals surface area contributed by atoms with Crippen molar-refractivity contribution in [2.75, 3.05) is 30.8 Å². The molecule has 1 heterocycles. The second kappa shape index (κ2) is 8.17. The van der Waals surface area contributed by atoms with Gasteiger partial charge in [-0.3, -0.25) is 0 Å². The van der Waals surface area contributed by atoms with Gasteiger partial charge in [0.2, 0.25) is 0 Å². The molecule has 1 saturated carbocycles. The van der Waals surface area contributed by atoms with Crippen molar-refractivity contribution in [3.05, 3.63) is 11.9 Å². The lowest BCUT2D eigenvalue weighted by molar-refractivity contribution is 0.178. The van der Waals surface area contributed by atoms with Crippen molar-refractivity contribution < 1.29 is 4.74 Å². The number of nitrogens with zero attached hydrogens (tertiary/aromatic N) is 2. The van der Waals surface area contributed by atoms with Crippen molar-refractivity contribution in [3.8, 4) is 0 Å². The van der Waals surface area contributed by atoms with E-state index in [4.69, 9.17) is 4.74 Å². The van der Waals surface area contributed by atoms with E-state index in [-0.39, 0.29) is 0 Å². The molecule has 0 radical (unpaired) electrons. The Balaban J connectivity index is 1.94. The predicted octanol–water partition coefficient (Wildman–Crippen LogP) is 3.29. The Kier molecular flexibility index (Phi) is 6.23. The van der Waals surface area contributed by atoms with E-state index in [1.54, 1.807) is 7.11 Å². The summed E-state index contributed by atoms with van der Waals surface area (Å²) in [4.78, 5) is 8.95. The highest BCUT2D eigenvalue weighted by molar-refractivity contribution is 5.47. The maximum atomic E-state index is 5.14. The molecule has 1 fully saturated rings. The molecule has 1 aliphatic carbocycles. The second-order valence-corrected chi connectivity index (χ2v) is 6.02. The summed E-state index contributed by atoms with van der Waals surface area (Å²) in [5.41, 5.74) is 0. The van der Waals surface area contributed by atoms with E-state index in [1.807, 2.05) is 6.07 Å². The maximum absolute atomic E-state index is 5.14. The van der Waals surface area contributed by atoms with Crippen molar-refractivity contribution in [2.45, 2.75) is 46.1 Å². The molecule has 118 valence electrons. The number of hydrogen-bond donors (Lipinski definition) is 2. The molecule has 2 rings (SSSR count). The highest BCUT2D eigenvalue weighted by atomic mass is 16.5. The van der Waals surface area contributed by atoms with Gasteiger partial charge in [0.15, 0.2) is 5.82 Å². The molecule has 1 aromatic rings. The number of anilines is 2. The molecule has 21 heavy (non-hydrogen) atoms. The summed E-state index contributed by atoms with van der Waals surface area (Å²) in [7, 11) is 1.67. The maximum Gasteiger partial charge on any atom is 0.158 e. The van der Waals surface area contributed by atoms with Gasteiger partial charge in [-0.15, -0.1) is 0 Å². The lowest BCUT2D eigenvalue weighted by atomic mass is 9.83. The number of ether oxygens (including phenoxy) is 1. The Morgan fingerprint density at radius 3 is 2.43 bits per heavy atom. The summed E-state index contributed by atoms with van der Waals surface area (Å²) in [5, 5.41) is 6.72. The van der Waals surface area contributed by atoms with Crippen molar-refractivity contribution in [1.29, 1.82) is 0 Å². The van der Waals surface area contributed by atoms with E-state index in [9.17, 15) is 0 Å². The predicted molar refractivity (Wildman–Crippen MR) is 86.5 cm³/mol. The fourth-order valence-electron chi connectivity index (χ4n) is 2.84. The number of rotatable bonds is 7. The van der Waals surface area contributed by atoms with Gasteiger partial charge >= 0.3 is 0 Å². The van der Waals surface area contributed by atoms with Crippen LogP contribution in [0.25, 0.3) is 0 Å². The molecule has 1 aromatic heterocycles. The normalized spacial score (nSPS) is 22.0. The third kappa shape index (κ3) is 5.16. The summed E-state index contributed by atoms with van der Waals surface area (Å²) >= 11 is 0. The first-order valence-electron chi connectivity index (χ1n) is 8.06. The van der Waals surface area contributed by atoms with Crippen molar-refractivity contribution in [1.82, 2.24) is 9.97 Å². The standard InChI is InChI=1S/C16H28N4O/c1-4-17-14-9-15(20-16(19-14)11-21-3)18-10-13-7-5-12(2)6-8-13/h9,12-13H,4-8,10-11H2,1-3H3,(H2,17,18,19,20). The molecular weight excluding hydrogens is 264 g/mol. The third-order valence-electron chi connectivity index (χ3n) is 4.11. The Labute approximate surface area is 127 Å². The van der Waals surface area contributed by atoms with E-state index in [1.165, 1.54) is 25.7 Å². The van der Waals surface area contributed by atoms with Gasteiger partial charge < -0.3 is 15.4 Å². The Hall–Kier alpha value is -1.36. The summed E-state index contributed by atoms with van der Waals surface area (Å²) in [6, 6.07) is 1.98. The SMILES string of the molecule is CCNc1cc(NCC2CCC(C)CC2)nc(COC)n1. The lowest BCUT2D eigenvalue weighted by Gasteiger charge is -2.26. The lowest BCUT2D eigenvalue weighted by Crippen LogP contribution is -2.21. The monoisotopic (exact) mass is 292 g/mol. The Bertz CT molecular complexity index is 406. The van der Waals surface area contributed by atoms with Gasteiger partial charge in [-0.25, -0.2) is 9.97 Å². The molecule has 0 saturated heterocycles. The first-order chi connectivity index (χ1) is 10.2. The van der Waals surface area contributed by atoms with Crippen LogP contribution < -0.4 is 10.6 Å². The number of aromatic nitrogens is 2. The highest BCUT2D eigenvalue weighted by Gasteiger charge is 2.18. The van der Waals surface area contributed by atoms with Crippen LogP contribution >= 0.6 is 0 Å². The van der Waals surface area contributed by atoms with Gasteiger partial charge in [-0.2, -0.15) is 0 Å². The van der Waals surface area contributed by atoms with Gasteiger partial charge in [0.25, 0.3) is 0 Å². The number of hydrogen-bond acceptors (Lipinski definition) is 5.